The van der Waals surface area contributed by atoms with E-state index in [2.05, 4.69) is 0 Å². The number of epoxide rings is 1. The number of rotatable bonds is 6. The van der Waals surface area contributed by atoms with Crippen molar-refractivity contribution in [3.8, 4) is 0 Å². The van der Waals surface area contributed by atoms with Crippen LogP contribution in [0.1, 0.15) is 36.8 Å². The summed E-state index contributed by atoms with van der Waals surface area (Å²) in [5, 5.41) is 8.88. The van der Waals surface area contributed by atoms with Crippen LogP contribution < -0.4 is 0 Å². The van der Waals surface area contributed by atoms with Crippen LogP contribution in [0.15, 0.2) is 48.6 Å². The zero-order chi connectivity index (χ0) is 30.2. The minimum atomic E-state index is -0.840. The van der Waals surface area contributed by atoms with Gasteiger partial charge in [-0.1, -0.05) is 0 Å². The smallest absolute Gasteiger partial charge is 0.306 e. The molecule has 3 fully saturated rings. The molecule has 42 heavy (non-hydrogen) atoms. The van der Waals surface area contributed by atoms with Crippen LogP contribution in [0.5, 0.6) is 0 Å². The lowest BCUT2D eigenvalue weighted by molar-refractivity contribution is -0.144. The van der Waals surface area contributed by atoms with Gasteiger partial charge in [0.25, 0.3) is 0 Å². The highest BCUT2D eigenvalue weighted by Crippen LogP contribution is 2.29. The average Bonchev–Trinajstić information content (AvgIpc) is 3.80. The van der Waals surface area contributed by atoms with Crippen molar-refractivity contribution in [2.45, 2.75) is 31.8 Å². The molecule has 3 aliphatic heterocycles. The van der Waals surface area contributed by atoms with Crippen LogP contribution in [0.2, 0.25) is 0 Å². The van der Waals surface area contributed by atoms with Crippen molar-refractivity contribution in [3.63, 3.8) is 0 Å². The summed E-state index contributed by atoms with van der Waals surface area (Å²) in [6.07, 6.45) is 8.57. The number of carbonyl (C=O) groups is 3. The molecule has 11 heteroatoms. The van der Waals surface area contributed by atoms with Gasteiger partial charge in [0.05, 0.1) is 18.6 Å². The topological polar surface area (TPSA) is 90.4 Å². The molecule has 0 aromatic heterocycles. The molecule has 3 aliphatic rings. The number of carboxylic acids is 1. The number of hydrogen-bond acceptors (Lipinski definition) is 4. The van der Waals surface area contributed by atoms with Gasteiger partial charge in [0.15, 0.2) is 0 Å². The Labute approximate surface area is 241 Å². The van der Waals surface area contributed by atoms with Crippen molar-refractivity contribution >= 4 is 29.9 Å². The molecular formula is C31H32F4N2O5. The van der Waals surface area contributed by atoms with Crippen LogP contribution in [0.3, 0.4) is 0 Å². The van der Waals surface area contributed by atoms with Crippen LogP contribution >= 0.6 is 0 Å². The van der Waals surface area contributed by atoms with Crippen molar-refractivity contribution in [2.75, 3.05) is 32.8 Å². The lowest BCUT2D eigenvalue weighted by Crippen LogP contribution is -2.39. The van der Waals surface area contributed by atoms with E-state index < -0.39 is 35.2 Å². The third-order valence-corrected chi connectivity index (χ3v) is 7.50. The first-order chi connectivity index (χ1) is 20.1. The van der Waals surface area contributed by atoms with Crippen LogP contribution in [-0.4, -0.2) is 71.6 Å². The minimum absolute atomic E-state index is 0.116. The van der Waals surface area contributed by atoms with Gasteiger partial charge < -0.3 is 19.6 Å². The molecule has 5 rings (SSSR count). The fraction of sp³-hybridized carbons (Fsp3) is 0.387. The summed E-state index contributed by atoms with van der Waals surface area (Å²) in [7, 11) is 0. The molecule has 1 N–H and O–H groups in total. The zero-order valence-corrected chi connectivity index (χ0v) is 22.9. The molecule has 2 amide bonds. The molecule has 224 valence electrons. The third kappa shape index (κ3) is 9.27. The molecule has 2 aromatic carbocycles. The average molecular weight is 589 g/mol. The lowest BCUT2D eigenvalue weighted by Gasteiger charge is -2.30. The number of carbonyl (C=O) groups excluding carboxylic acids is 2. The van der Waals surface area contributed by atoms with Crippen molar-refractivity contribution in [2.24, 2.45) is 11.8 Å². The van der Waals surface area contributed by atoms with E-state index in [1.54, 1.807) is 4.90 Å². The Morgan fingerprint density at radius 3 is 1.43 bits per heavy atom. The summed E-state index contributed by atoms with van der Waals surface area (Å²) < 4.78 is 57.4. The maximum absolute atomic E-state index is 13.1. The fourth-order valence-corrected chi connectivity index (χ4v) is 5.05. The monoisotopic (exact) mass is 588 g/mol. The maximum atomic E-state index is 13.1. The number of benzene rings is 2. The molecule has 0 radical (unpaired) electrons. The van der Waals surface area contributed by atoms with Gasteiger partial charge in [-0.15, -0.1) is 0 Å². The molecule has 7 nitrogen and oxygen atoms in total. The fourth-order valence-electron chi connectivity index (χ4n) is 5.05. The quantitative estimate of drug-likeness (QED) is 0.294. The summed E-state index contributed by atoms with van der Waals surface area (Å²) in [4.78, 5) is 38.1. The second-order valence-electron chi connectivity index (χ2n) is 10.5. The number of halogens is 4. The first-order valence-electron chi connectivity index (χ1n) is 13.8. The summed E-state index contributed by atoms with van der Waals surface area (Å²) in [6, 6.07) is 6.22. The predicted octanol–water partition coefficient (Wildman–Crippen LogP) is 4.92. The number of amides is 2. The SMILES string of the molecule is O=C(/C=C/c1cc(F)cc(F)c1)N1CCC(C2CO2)CC1.O=C(O)C1CCN(C(=O)/C=C/c2cc(F)cc(F)c2)CC1. The number of ether oxygens (including phenoxy) is 1. The van der Waals surface area contributed by atoms with Crippen LogP contribution in [0.4, 0.5) is 17.6 Å². The Hall–Kier alpha value is -3.99. The Morgan fingerprint density at radius 2 is 1.07 bits per heavy atom. The van der Waals surface area contributed by atoms with Gasteiger partial charge >= 0.3 is 5.97 Å². The first-order valence-corrected chi connectivity index (χ1v) is 13.8. The van der Waals surface area contributed by atoms with E-state index in [1.165, 1.54) is 41.3 Å². The van der Waals surface area contributed by atoms with Crippen LogP contribution in [0.25, 0.3) is 12.2 Å². The largest absolute Gasteiger partial charge is 0.481 e. The Bertz CT molecular complexity index is 1300. The zero-order valence-electron chi connectivity index (χ0n) is 22.9. The second kappa shape index (κ2) is 14.3. The third-order valence-electron chi connectivity index (χ3n) is 7.50. The molecule has 1 unspecified atom stereocenters. The highest BCUT2D eigenvalue weighted by atomic mass is 19.1. The van der Waals surface area contributed by atoms with Gasteiger partial charge in [-0.25, -0.2) is 17.6 Å². The number of nitrogens with zero attached hydrogens (tertiary/aromatic N) is 2. The van der Waals surface area contributed by atoms with Gasteiger partial charge in [-0.05, 0) is 79.1 Å². The highest BCUT2D eigenvalue weighted by Gasteiger charge is 2.35. The molecule has 3 heterocycles. The molecule has 0 bridgehead atoms. The van der Waals surface area contributed by atoms with E-state index in [-0.39, 0.29) is 17.4 Å². The standard InChI is InChI=1S/C16H17F2NO2.C15H15F2NO3/c17-13-7-11(8-14(18)9-13)1-2-16(20)19-5-3-12(4-6-19)15-10-21-15;16-12-7-10(8-13(17)9-12)1-2-14(19)18-5-3-11(4-6-18)15(20)21/h1-2,7-9,12,15H,3-6,10H2;1-2,7-9,11H,3-6H2,(H,20,21)/b2*2-1+. The molecule has 0 spiro atoms. The van der Waals surface area contributed by atoms with Gasteiger partial charge in [0, 0.05) is 50.5 Å². The van der Waals surface area contributed by atoms with Gasteiger partial charge in [-0.3, -0.25) is 14.4 Å². The van der Waals surface area contributed by atoms with E-state index in [0.717, 1.165) is 43.7 Å². The van der Waals surface area contributed by atoms with Crippen LogP contribution in [0, 0.1) is 35.1 Å². The molecule has 0 saturated carbocycles. The molecule has 2 aromatic rings. The van der Waals surface area contributed by atoms with E-state index in [4.69, 9.17) is 9.84 Å². The van der Waals surface area contributed by atoms with E-state index in [9.17, 15) is 31.9 Å². The number of likely N-dealkylation sites (tertiary alicyclic amines) is 2. The number of hydrogen-bond donors (Lipinski definition) is 1. The summed E-state index contributed by atoms with van der Waals surface area (Å²) in [5.41, 5.74) is 0.614. The summed E-state index contributed by atoms with van der Waals surface area (Å²) >= 11 is 0. The number of aliphatic carboxylic acids is 1. The number of piperidine rings is 2. The Balaban J connectivity index is 0.000000193. The molecule has 0 aliphatic carbocycles. The predicted molar refractivity (Wildman–Crippen MR) is 147 cm³/mol. The minimum Gasteiger partial charge on any atom is -0.481 e. The van der Waals surface area contributed by atoms with E-state index in [1.807, 2.05) is 0 Å². The van der Waals surface area contributed by atoms with Crippen molar-refractivity contribution < 1.29 is 41.8 Å². The normalized spacial score (nSPS) is 19.6. The van der Waals surface area contributed by atoms with Crippen LogP contribution in [-0.2, 0) is 19.1 Å². The molecule has 1 atom stereocenters. The van der Waals surface area contributed by atoms with Crippen molar-refractivity contribution in [3.05, 3.63) is 82.9 Å². The molecular weight excluding hydrogens is 556 g/mol. The summed E-state index contributed by atoms with van der Waals surface area (Å²) in [5.74, 6) is -3.79. The highest BCUT2D eigenvalue weighted by molar-refractivity contribution is 5.92. The number of carboxylic acid groups (broad SMARTS) is 1. The first kappa shape index (κ1) is 31.0. The Morgan fingerprint density at radius 1 is 0.690 bits per heavy atom. The van der Waals surface area contributed by atoms with Crippen molar-refractivity contribution in [1.29, 1.82) is 0 Å². The van der Waals surface area contributed by atoms with Gasteiger partial charge in [0.2, 0.25) is 11.8 Å². The van der Waals surface area contributed by atoms with E-state index >= 15 is 0 Å². The lowest BCUT2D eigenvalue weighted by atomic mass is 9.94. The maximum Gasteiger partial charge on any atom is 0.306 e. The van der Waals surface area contributed by atoms with Gasteiger partial charge in [0.1, 0.15) is 23.3 Å². The summed E-state index contributed by atoms with van der Waals surface area (Å²) in [6.45, 7) is 3.02. The second-order valence-corrected chi connectivity index (χ2v) is 10.5. The van der Waals surface area contributed by atoms with Crippen molar-refractivity contribution in [1.82, 2.24) is 9.80 Å². The van der Waals surface area contributed by atoms with E-state index in [0.29, 0.717) is 56.6 Å². The molecule has 3 saturated heterocycles. The van der Waals surface area contributed by atoms with Gasteiger partial charge in [-0.2, -0.15) is 0 Å². The Kier molecular flexibility index (Phi) is 10.5.